The lowest BCUT2D eigenvalue weighted by molar-refractivity contribution is 0.279. The zero-order valence-corrected chi connectivity index (χ0v) is 8.97. The van der Waals surface area contributed by atoms with E-state index >= 15 is 0 Å². The molecule has 0 unspecified atom stereocenters. The van der Waals surface area contributed by atoms with E-state index in [0.717, 1.165) is 24.7 Å². The summed E-state index contributed by atoms with van der Waals surface area (Å²) in [5, 5.41) is 0. The van der Waals surface area contributed by atoms with Gasteiger partial charge >= 0.3 is 0 Å². The molecule has 1 nitrogen and oxygen atoms in total. The Morgan fingerprint density at radius 2 is 2.06 bits per heavy atom. The number of benzene rings is 1. The first-order valence-corrected chi connectivity index (χ1v) is 5.11. The van der Waals surface area contributed by atoms with E-state index in [1.807, 2.05) is 12.2 Å². The molecule has 0 radical (unpaired) electrons. The molecule has 0 saturated heterocycles. The zero-order valence-electron chi connectivity index (χ0n) is 8.97. The molecule has 0 bridgehead atoms. The largest absolute Gasteiger partial charge is 0.500 e. The Kier molecular flexibility index (Phi) is 3.04. The minimum absolute atomic E-state index is 0.384. The van der Waals surface area contributed by atoms with Gasteiger partial charge < -0.3 is 4.74 Å². The van der Waals surface area contributed by atoms with Crippen molar-refractivity contribution in [3.8, 4) is 0 Å². The number of allylic oxidation sites excluding steroid dienone is 4. The third-order valence-corrected chi connectivity index (χ3v) is 2.59. The van der Waals surface area contributed by atoms with Crippen LogP contribution in [-0.2, 0) is 4.74 Å². The molecule has 16 heavy (non-hydrogen) atoms. The number of methoxy groups -OCH3 is 1. The van der Waals surface area contributed by atoms with Crippen molar-refractivity contribution in [3.63, 3.8) is 0 Å². The van der Waals surface area contributed by atoms with E-state index < -0.39 is 11.6 Å². The number of ether oxygens (including phenoxy) is 1. The number of halogens is 2. The Hall–Kier alpha value is -1.64. The molecule has 0 atom stereocenters. The highest BCUT2D eigenvalue weighted by Crippen LogP contribution is 2.29. The molecule has 1 aliphatic rings. The maximum absolute atomic E-state index is 13.6. The average Bonchev–Trinajstić information content (AvgIpc) is 2.29. The molecule has 0 aliphatic heterocycles. The summed E-state index contributed by atoms with van der Waals surface area (Å²) in [6.45, 7) is 0. The monoisotopic (exact) mass is 222 g/mol. The summed E-state index contributed by atoms with van der Waals surface area (Å²) in [6, 6.07) is 3.58. The van der Waals surface area contributed by atoms with Gasteiger partial charge in [0.2, 0.25) is 0 Å². The second-order valence-corrected chi connectivity index (χ2v) is 3.61. The highest BCUT2D eigenvalue weighted by molar-refractivity contribution is 5.76. The average molecular weight is 222 g/mol. The third-order valence-electron chi connectivity index (χ3n) is 2.59. The molecule has 1 aromatic rings. The van der Waals surface area contributed by atoms with Crippen molar-refractivity contribution in [1.82, 2.24) is 0 Å². The summed E-state index contributed by atoms with van der Waals surface area (Å²) >= 11 is 0. The van der Waals surface area contributed by atoms with E-state index in [4.69, 9.17) is 4.74 Å². The van der Waals surface area contributed by atoms with Crippen LogP contribution in [0, 0.1) is 11.6 Å². The van der Waals surface area contributed by atoms with Crippen LogP contribution in [0.1, 0.15) is 18.4 Å². The van der Waals surface area contributed by atoms with Crippen molar-refractivity contribution < 1.29 is 13.5 Å². The lowest BCUT2D eigenvalue weighted by Crippen LogP contribution is -1.99. The topological polar surface area (TPSA) is 9.23 Å². The van der Waals surface area contributed by atoms with Crippen molar-refractivity contribution >= 4 is 5.57 Å². The van der Waals surface area contributed by atoms with Crippen LogP contribution in [0.4, 0.5) is 8.78 Å². The Bertz CT molecular complexity index is 461. The van der Waals surface area contributed by atoms with Crippen molar-refractivity contribution in [2.45, 2.75) is 12.8 Å². The molecular formula is C13H12F2O. The first-order chi connectivity index (χ1) is 7.72. The fourth-order valence-electron chi connectivity index (χ4n) is 1.80. The SMILES string of the molecule is COC1=C(c2ccc(F)cc2F)C=CCC1. The summed E-state index contributed by atoms with van der Waals surface area (Å²) in [7, 11) is 1.57. The van der Waals surface area contributed by atoms with Crippen molar-refractivity contribution in [2.24, 2.45) is 0 Å². The van der Waals surface area contributed by atoms with Crippen LogP contribution in [0.25, 0.3) is 5.57 Å². The lowest BCUT2D eigenvalue weighted by Gasteiger charge is -2.15. The van der Waals surface area contributed by atoms with Crippen LogP contribution in [0.3, 0.4) is 0 Å². The van der Waals surface area contributed by atoms with E-state index in [-0.39, 0.29) is 0 Å². The maximum atomic E-state index is 13.6. The molecule has 0 spiro atoms. The normalized spacial score (nSPS) is 15.4. The molecule has 84 valence electrons. The van der Waals surface area contributed by atoms with Gasteiger partial charge in [-0.25, -0.2) is 8.78 Å². The molecule has 0 amide bonds. The van der Waals surface area contributed by atoms with Crippen LogP contribution < -0.4 is 0 Å². The predicted octanol–water partition coefficient (Wildman–Crippen LogP) is 3.67. The molecule has 3 heteroatoms. The van der Waals surface area contributed by atoms with Gasteiger partial charge in [0.05, 0.1) is 7.11 Å². The third kappa shape index (κ3) is 1.98. The Labute approximate surface area is 93.0 Å². The first-order valence-electron chi connectivity index (χ1n) is 5.11. The van der Waals surface area contributed by atoms with Gasteiger partial charge in [-0.2, -0.15) is 0 Å². The van der Waals surface area contributed by atoms with Crippen LogP contribution in [-0.4, -0.2) is 7.11 Å². The van der Waals surface area contributed by atoms with Gasteiger partial charge in [0, 0.05) is 23.6 Å². The summed E-state index contributed by atoms with van der Waals surface area (Å²) < 4.78 is 31.6. The van der Waals surface area contributed by atoms with Crippen molar-refractivity contribution in [1.29, 1.82) is 0 Å². The Morgan fingerprint density at radius 3 is 2.75 bits per heavy atom. The van der Waals surface area contributed by atoms with Crippen molar-refractivity contribution in [2.75, 3.05) is 7.11 Å². The number of hydrogen-bond acceptors (Lipinski definition) is 1. The van der Waals surface area contributed by atoms with Gasteiger partial charge in [-0.05, 0) is 18.6 Å². The van der Waals surface area contributed by atoms with Gasteiger partial charge in [0.25, 0.3) is 0 Å². The van der Waals surface area contributed by atoms with E-state index in [1.165, 1.54) is 12.1 Å². The van der Waals surface area contributed by atoms with Gasteiger partial charge in [-0.3, -0.25) is 0 Å². The maximum Gasteiger partial charge on any atom is 0.134 e. The standard InChI is InChI=1S/C13H12F2O/c1-16-13-5-3-2-4-11(13)10-7-6-9(14)8-12(10)15/h2,4,6-8H,3,5H2,1H3. The summed E-state index contributed by atoms with van der Waals surface area (Å²) in [5.74, 6) is -0.385. The quantitative estimate of drug-likeness (QED) is 0.741. The van der Waals surface area contributed by atoms with Crippen molar-refractivity contribution in [3.05, 3.63) is 53.3 Å². The van der Waals surface area contributed by atoms with Crippen LogP contribution in [0.15, 0.2) is 36.1 Å². The molecule has 1 aliphatic carbocycles. The van der Waals surface area contributed by atoms with Crippen LogP contribution in [0.2, 0.25) is 0 Å². The molecular weight excluding hydrogens is 210 g/mol. The summed E-state index contributed by atoms with van der Waals surface area (Å²) in [5.41, 5.74) is 1.08. The van der Waals surface area contributed by atoms with Gasteiger partial charge in [-0.1, -0.05) is 12.2 Å². The van der Waals surface area contributed by atoms with E-state index in [1.54, 1.807) is 7.11 Å². The van der Waals surface area contributed by atoms with Crippen LogP contribution in [0.5, 0.6) is 0 Å². The fourth-order valence-corrected chi connectivity index (χ4v) is 1.80. The number of hydrogen-bond donors (Lipinski definition) is 0. The molecule has 2 rings (SSSR count). The van der Waals surface area contributed by atoms with E-state index in [0.29, 0.717) is 11.1 Å². The summed E-state index contributed by atoms with van der Waals surface area (Å²) in [6.07, 6.45) is 5.41. The first kappa shape index (κ1) is 10.9. The highest BCUT2D eigenvalue weighted by atomic mass is 19.1. The Morgan fingerprint density at radius 1 is 1.25 bits per heavy atom. The smallest absolute Gasteiger partial charge is 0.134 e. The lowest BCUT2D eigenvalue weighted by atomic mass is 9.97. The second-order valence-electron chi connectivity index (χ2n) is 3.61. The van der Waals surface area contributed by atoms with Gasteiger partial charge in [0.15, 0.2) is 0 Å². The second kappa shape index (κ2) is 4.47. The number of rotatable bonds is 2. The molecule has 0 N–H and O–H groups in total. The molecule has 1 aromatic carbocycles. The molecule has 0 fully saturated rings. The molecule has 0 heterocycles. The molecule has 0 aromatic heterocycles. The van der Waals surface area contributed by atoms with Crippen LogP contribution >= 0.6 is 0 Å². The minimum Gasteiger partial charge on any atom is -0.500 e. The zero-order chi connectivity index (χ0) is 11.5. The van der Waals surface area contributed by atoms with Gasteiger partial charge in [-0.15, -0.1) is 0 Å². The minimum atomic E-state index is -0.569. The molecule has 0 saturated carbocycles. The Balaban J connectivity index is 2.50. The van der Waals surface area contributed by atoms with E-state index in [2.05, 4.69) is 0 Å². The van der Waals surface area contributed by atoms with Gasteiger partial charge in [0.1, 0.15) is 17.4 Å². The highest BCUT2D eigenvalue weighted by Gasteiger charge is 2.14. The van der Waals surface area contributed by atoms with E-state index in [9.17, 15) is 8.78 Å². The fraction of sp³-hybridized carbons (Fsp3) is 0.231. The summed E-state index contributed by atoms with van der Waals surface area (Å²) in [4.78, 5) is 0. The predicted molar refractivity (Wildman–Crippen MR) is 58.7 cm³/mol.